The number of esters is 1. The number of hydrogen-bond donors (Lipinski definition) is 1. The molecule has 0 aromatic carbocycles. The van der Waals surface area contributed by atoms with E-state index in [1.807, 2.05) is 0 Å². The number of hydrogen-bond acceptors (Lipinski definition) is 4. The van der Waals surface area contributed by atoms with E-state index < -0.39 is 0 Å². The lowest BCUT2D eigenvalue weighted by Crippen LogP contribution is -2.40. The van der Waals surface area contributed by atoms with Gasteiger partial charge in [0.05, 0.1) is 19.1 Å². The fraction of sp³-hybridized carbons (Fsp3) is 0.818. The lowest BCUT2D eigenvalue weighted by atomic mass is 10.1. The molecule has 0 unspecified atom stereocenters. The zero-order valence-electron chi connectivity index (χ0n) is 9.65. The van der Waals surface area contributed by atoms with Gasteiger partial charge in [-0.1, -0.05) is 0 Å². The summed E-state index contributed by atoms with van der Waals surface area (Å²) < 4.78 is 4.75. The summed E-state index contributed by atoms with van der Waals surface area (Å²) in [7, 11) is 0. The highest BCUT2D eigenvalue weighted by Crippen LogP contribution is 2.11. The van der Waals surface area contributed by atoms with Gasteiger partial charge in [-0.3, -0.25) is 9.59 Å². The number of carbonyl (C=O) groups excluding carboxylic acids is 2. The molecule has 1 aliphatic heterocycles. The minimum Gasteiger partial charge on any atom is -0.466 e. The maximum atomic E-state index is 11.6. The first kappa shape index (κ1) is 13.0. The van der Waals surface area contributed by atoms with Crippen LogP contribution in [0.2, 0.25) is 0 Å². The second kappa shape index (κ2) is 6.48. The SMILES string of the molecule is CCOC(=O)CCC(=O)N1CCC(O)CC1. The minimum absolute atomic E-state index is 0.0278. The monoisotopic (exact) mass is 229 g/mol. The van der Waals surface area contributed by atoms with Crippen LogP contribution in [0.4, 0.5) is 0 Å². The van der Waals surface area contributed by atoms with Gasteiger partial charge in [0.15, 0.2) is 0 Å². The molecule has 0 aromatic rings. The van der Waals surface area contributed by atoms with Crippen LogP contribution in [0, 0.1) is 0 Å². The largest absolute Gasteiger partial charge is 0.466 e. The molecule has 1 saturated heterocycles. The van der Waals surface area contributed by atoms with Crippen molar-refractivity contribution in [1.29, 1.82) is 0 Å². The molecule has 5 heteroatoms. The number of aliphatic hydroxyl groups excluding tert-OH is 1. The van der Waals surface area contributed by atoms with Crippen LogP contribution in [0.15, 0.2) is 0 Å². The summed E-state index contributed by atoms with van der Waals surface area (Å²) in [4.78, 5) is 24.4. The van der Waals surface area contributed by atoms with Gasteiger partial charge in [0.1, 0.15) is 0 Å². The number of ether oxygens (including phenoxy) is 1. The van der Waals surface area contributed by atoms with Crippen molar-refractivity contribution in [3.63, 3.8) is 0 Å². The zero-order valence-corrected chi connectivity index (χ0v) is 9.65. The summed E-state index contributed by atoms with van der Waals surface area (Å²) in [6.07, 6.45) is 1.32. The van der Waals surface area contributed by atoms with Crippen LogP contribution in [0.5, 0.6) is 0 Å². The van der Waals surface area contributed by atoms with Crippen molar-refractivity contribution in [2.75, 3.05) is 19.7 Å². The second-order valence-corrected chi connectivity index (χ2v) is 3.92. The van der Waals surface area contributed by atoms with Crippen LogP contribution in [-0.4, -0.2) is 47.7 Å². The number of likely N-dealkylation sites (tertiary alicyclic amines) is 1. The quantitative estimate of drug-likeness (QED) is 0.705. The molecule has 0 atom stereocenters. The van der Waals surface area contributed by atoms with Crippen molar-refractivity contribution < 1.29 is 19.4 Å². The average Bonchev–Trinajstić information content (AvgIpc) is 2.27. The first-order valence-electron chi connectivity index (χ1n) is 5.75. The lowest BCUT2D eigenvalue weighted by molar-refractivity contribution is -0.146. The molecule has 0 saturated carbocycles. The van der Waals surface area contributed by atoms with E-state index in [1.165, 1.54) is 0 Å². The van der Waals surface area contributed by atoms with Crippen molar-refractivity contribution in [1.82, 2.24) is 4.90 Å². The van der Waals surface area contributed by atoms with Gasteiger partial charge in [0.25, 0.3) is 0 Å². The molecule has 1 N–H and O–H groups in total. The zero-order chi connectivity index (χ0) is 12.0. The van der Waals surface area contributed by atoms with E-state index in [-0.39, 0.29) is 30.8 Å². The smallest absolute Gasteiger partial charge is 0.306 e. The maximum absolute atomic E-state index is 11.6. The summed E-state index contributed by atoms with van der Waals surface area (Å²) >= 11 is 0. The minimum atomic E-state index is -0.326. The van der Waals surface area contributed by atoms with E-state index in [0.29, 0.717) is 32.5 Å². The number of carbonyl (C=O) groups is 2. The summed E-state index contributed by atoms with van der Waals surface area (Å²) in [6, 6.07) is 0. The molecule has 0 aromatic heterocycles. The summed E-state index contributed by atoms with van der Waals surface area (Å²) in [5.41, 5.74) is 0. The Bertz CT molecular complexity index is 246. The number of aliphatic hydroxyl groups is 1. The van der Waals surface area contributed by atoms with Gasteiger partial charge in [-0.15, -0.1) is 0 Å². The van der Waals surface area contributed by atoms with Crippen molar-refractivity contribution in [2.24, 2.45) is 0 Å². The molecular formula is C11H19NO4. The molecule has 0 aliphatic carbocycles. The summed E-state index contributed by atoms with van der Waals surface area (Å²) in [6.45, 7) is 3.26. The Hall–Kier alpha value is -1.10. The fourth-order valence-corrected chi connectivity index (χ4v) is 1.72. The maximum Gasteiger partial charge on any atom is 0.306 e. The molecular weight excluding hydrogens is 210 g/mol. The average molecular weight is 229 g/mol. The van der Waals surface area contributed by atoms with E-state index in [1.54, 1.807) is 11.8 Å². The number of amides is 1. The van der Waals surface area contributed by atoms with Gasteiger partial charge in [-0.2, -0.15) is 0 Å². The highest BCUT2D eigenvalue weighted by molar-refractivity contribution is 5.81. The van der Waals surface area contributed by atoms with E-state index in [0.717, 1.165) is 0 Å². The normalized spacial score (nSPS) is 17.2. The van der Waals surface area contributed by atoms with E-state index >= 15 is 0 Å². The van der Waals surface area contributed by atoms with Crippen LogP contribution in [0.3, 0.4) is 0 Å². The standard InChI is InChI=1S/C11H19NO4/c1-2-16-11(15)4-3-10(14)12-7-5-9(13)6-8-12/h9,13H,2-8H2,1H3. The topological polar surface area (TPSA) is 66.8 Å². The van der Waals surface area contributed by atoms with Crippen LogP contribution in [-0.2, 0) is 14.3 Å². The third-order valence-corrected chi connectivity index (χ3v) is 2.67. The molecule has 5 nitrogen and oxygen atoms in total. The molecule has 1 aliphatic rings. The highest BCUT2D eigenvalue weighted by Gasteiger charge is 2.21. The molecule has 1 amide bonds. The van der Waals surface area contributed by atoms with E-state index in [4.69, 9.17) is 4.74 Å². The van der Waals surface area contributed by atoms with Crippen LogP contribution >= 0.6 is 0 Å². The van der Waals surface area contributed by atoms with E-state index in [9.17, 15) is 14.7 Å². The molecule has 1 fully saturated rings. The molecule has 0 radical (unpaired) electrons. The molecule has 1 heterocycles. The van der Waals surface area contributed by atoms with Gasteiger partial charge in [0.2, 0.25) is 5.91 Å². The number of rotatable bonds is 4. The second-order valence-electron chi connectivity index (χ2n) is 3.92. The predicted molar refractivity (Wildman–Crippen MR) is 57.7 cm³/mol. The third kappa shape index (κ3) is 4.18. The lowest BCUT2D eigenvalue weighted by Gasteiger charge is -2.29. The van der Waals surface area contributed by atoms with Crippen molar-refractivity contribution >= 4 is 11.9 Å². The third-order valence-electron chi connectivity index (χ3n) is 2.67. The Kier molecular flexibility index (Phi) is 5.25. The van der Waals surface area contributed by atoms with Gasteiger partial charge >= 0.3 is 5.97 Å². The Balaban J connectivity index is 2.22. The molecule has 92 valence electrons. The first-order valence-corrected chi connectivity index (χ1v) is 5.75. The highest BCUT2D eigenvalue weighted by atomic mass is 16.5. The van der Waals surface area contributed by atoms with E-state index in [2.05, 4.69) is 0 Å². The van der Waals surface area contributed by atoms with Gasteiger partial charge in [-0.25, -0.2) is 0 Å². The predicted octanol–water partition coefficient (Wildman–Crippen LogP) is 0.313. The Labute approximate surface area is 95.4 Å². The summed E-state index contributed by atoms with van der Waals surface area (Å²) in [5, 5.41) is 9.28. The van der Waals surface area contributed by atoms with Gasteiger partial charge in [0, 0.05) is 19.5 Å². The van der Waals surface area contributed by atoms with Crippen LogP contribution in [0.1, 0.15) is 32.6 Å². The molecule has 1 rings (SSSR count). The number of piperidine rings is 1. The number of nitrogens with zero attached hydrogens (tertiary/aromatic N) is 1. The molecule has 16 heavy (non-hydrogen) atoms. The van der Waals surface area contributed by atoms with Crippen molar-refractivity contribution in [2.45, 2.75) is 38.7 Å². The first-order chi connectivity index (χ1) is 7.63. The Morgan fingerprint density at radius 3 is 2.50 bits per heavy atom. The van der Waals surface area contributed by atoms with Gasteiger partial charge in [-0.05, 0) is 19.8 Å². The van der Waals surface area contributed by atoms with Crippen molar-refractivity contribution in [3.8, 4) is 0 Å². The molecule has 0 bridgehead atoms. The van der Waals surface area contributed by atoms with Gasteiger partial charge < -0.3 is 14.7 Å². The van der Waals surface area contributed by atoms with Crippen LogP contribution < -0.4 is 0 Å². The van der Waals surface area contributed by atoms with Crippen molar-refractivity contribution in [3.05, 3.63) is 0 Å². The fourth-order valence-electron chi connectivity index (χ4n) is 1.72. The molecule has 0 spiro atoms. The van der Waals surface area contributed by atoms with Crippen LogP contribution in [0.25, 0.3) is 0 Å². The Morgan fingerprint density at radius 2 is 1.94 bits per heavy atom. The Morgan fingerprint density at radius 1 is 1.31 bits per heavy atom. The summed E-state index contributed by atoms with van der Waals surface area (Å²) in [5.74, 6) is -0.354.